The van der Waals surface area contributed by atoms with E-state index >= 15 is 0 Å². The molecule has 3 rings (SSSR count). The van der Waals surface area contributed by atoms with Crippen LogP contribution in [0.4, 0.5) is 9.59 Å². The van der Waals surface area contributed by atoms with E-state index in [9.17, 15) is 24.3 Å². The summed E-state index contributed by atoms with van der Waals surface area (Å²) in [6, 6.07) is 25.8. The topological polar surface area (TPSA) is 143 Å². The number of carboxylic acids is 1. The van der Waals surface area contributed by atoms with Gasteiger partial charge in [-0.1, -0.05) is 91.0 Å². The lowest BCUT2D eigenvalue weighted by molar-refractivity contribution is -0.141. The molecule has 0 aliphatic rings. The Morgan fingerprint density at radius 1 is 0.674 bits per heavy atom. The summed E-state index contributed by atoms with van der Waals surface area (Å²) in [5.41, 5.74) is 2.70. The van der Waals surface area contributed by atoms with Crippen LogP contribution >= 0.6 is 11.8 Å². The Morgan fingerprint density at radius 2 is 1.21 bits per heavy atom. The third-order valence-electron chi connectivity index (χ3n) is 6.23. The zero-order valence-corrected chi connectivity index (χ0v) is 24.6. The number of amides is 3. The van der Waals surface area contributed by atoms with E-state index in [1.165, 1.54) is 11.8 Å². The van der Waals surface area contributed by atoms with Crippen molar-refractivity contribution in [3.63, 3.8) is 0 Å². The first-order valence-electron chi connectivity index (χ1n) is 14.0. The van der Waals surface area contributed by atoms with Gasteiger partial charge in [0.1, 0.15) is 25.3 Å². The summed E-state index contributed by atoms with van der Waals surface area (Å²) < 4.78 is 10.5. The summed E-state index contributed by atoms with van der Waals surface area (Å²) in [7, 11) is 0. The van der Waals surface area contributed by atoms with Crippen LogP contribution < -0.4 is 16.0 Å². The highest BCUT2D eigenvalue weighted by Gasteiger charge is 2.27. The maximum atomic E-state index is 13.1. The van der Waals surface area contributed by atoms with Crippen LogP contribution in [0.2, 0.25) is 0 Å². The minimum Gasteiger partial charge on any atom is -0.480 e. The van der Waals surface area contributed by atoms with Crippen molar-refractivity contribution in [2.75, 3.05) is 12.3 Å². The number of hydrogen-bond donors (Lipinski definition) is 4. The molecule has 0 radical (unpaired) electrons. The van der Waals surface area contributed by atoms with Crippen LogP contribution in [0, 0.1) is 0 Å². The van der Waals surface area contributed by atoms with E-state index in [1.807, 2.05) is 78.9 Å². The summed E-state index contributed by atoms with van der Waals surface area (Å²) in [6.07, 6.45) is -0.192. The average molecular weight is 608 g/mol. The van der Waals surface area contributed by atoms with E-state index in [-0.39, 0.29) is 25.4 Å². The van der Waals surface area contributed by atoms with E-state index in [1.54, 1.807) is 12.1 Å². The third-order valence-corrected chi connectivity index (χ3v) is 7.34. The second-order valence-electron chi connectivity index (χ2n) is 9.64. The number of unbranched alkanes of at least 4 members (excludes halogenated alkanes) is 1. The van der Waals surface area contributed by atoms with Crippen molar-refractivity contribution in [2.24, 2.45) is 0 Å². The lowest BCUT2D eigenvalue weighted by atomic mass is 10.1. The first kappa shape index (κ1) is 33.0. The first-order chi connectivity index (χ1) is 20.9. The monoisotopic (exact) mass is 607 g/mol. The molecular weight excluding hydrogens is 570 g/mol. The molecule has 0 spiro atoms. The Morgan fingerprint density at radius 3 is 1.77 bits per heavy atom. The van der Waals surface area contributed by atoms with Crippen molar-refractivity contribution in [2.45, 2.75) is 50.3 Å². The molecule has 11 heteroatoms. The predicted molar refractivity (Wildman–Crippen MR) is 164 cm³/mol. The van der Waals surface area contributed by atoms with E-state index < -0.39 is 36.1 Å². The Kier molecular flexibility index (Phi) is 14.4. The molecule has 3 aromatic carbocycles. The summed E-state index contributed by atoms with van der Waals surface area (Å²) in [6.45, 7) is 0.469. The summed E-state index contributed by atoms with van der Waals surface area (Å²) in [5, 5.41) is 17.5. The molecule has 10 nitrogen and oxygen atoms in total. The molecule has 4 N–H and O–H groups in total. The number of nitrogens with one attached hydrogen (secondary N) is 3. The summed E-state index contributed by atoms with van der Waals surface area (Å²) >= 11 is 1.39. The van der Waals surface area contributed by atoms with E-state index in [0.717, 1.165) is 16.7 Å². The summed E-state index contributed by atoms with van der Waals surface area (Å²) in [5.74, 6) is -1.05. The highest BCUT2D eigenvalue weighted by Crippen LogP contribution is 2.14. The molecule has 228 valence electrons. The number of carbonyl (C=O) groups excluding carboxylic acids is 3. The minimum atomic E-state index is -1.17. The number of benzene rings is 3. The number of carbonyl (C=O) groups is 4. The predicted octanol–water partition coefficient (Wildman–Crippen LogP) is 4.88. The Balaban J connectivity index is 1.49. The normalized spacial score (nSPS) is 11.9. The molecule has 43 heavy (non-hydrogen) atoms. The lowest BCUT2D eigenvalue weighted by Gasteiger charge is -2.21. The molecule has 0 fully saturated rings. The van der Waals surface area contributed by atoms with Crippen LogP contribution in [0.1, 0.15) is 36.0 Å². The van der Waals surface area contributed by atoms with Crippen LogP contribution in [-0.2, 0) is 38.0 Å². The quantitative estimate of drug-likeness (QED) is 0.159. The molecule has 0 heterocycles. The molecule has 0 aliphatic carbocycles. The first-order valence-corrected chi connectivity index (χ1v) is 15.1. The third kappa shape index (κ3) is 13.3. The van der Waals surface area contributed by atoms with Crippen molar-refractivity contribution >= 4 is 35.8 Å². The average Bonchev–Trinajstić information content (AvgIpc) is 3.03. The van der Waals surface area contributed by atoms with E-state index in [4.69, 9.17) is 9.47 Å². The van der Waals surface area contributed by atoms with Crippen LogP contribution in [0.25, 0.3) is 0 Å². The molecule has 2 atom stereocenters. The number of rotatable bonds is 17. The second-order valence-corrected chi connectivity index (χ2v) is 10.7. The highest BCUT2D eigenvalue weighted by atomic mass is 32.2. The second kappa shape index (κ2) is 18.8. The Bertz CT molecular complexity index is 1280. The van der Waals surface area contributed by atoms with Gasteiger partial charge in [-0.15, -0.1) is 0 Å². The molecule has 0 saturated carbocycles. The fraction of sp³-hybridized carbons (Fsp3) is 0.312. The van der Waals surface area contributed by atoms with Gasteiger partial charge in [-0.05, 0) is 36.0 Å². The van der Waals surface area contributed by atoms with Crippen molar-refractivity contribution in [1.82, 2.24) is 16.0 Å². The van der Waals surface area contributed by atoms with Crippen LogP contribution in [0.3, 0.4) is 0 Å². The van der Waals surface area contributed by atoms with Gasteiger partial charge in [0.2, 0.25) is 5.91 Å². The molecule has 0 aliphatic heterocycles. The molecule has 3 aromatic rings. The smallest absolute Gasteiger partial charge is 0.408 e. The summed E-state index contributed by atoms with van der Waals surface area (Å²) in [4.78, 5) is 49.6. The maximum Gasteiger partial charge on any atom is 0.408 e. The van der Waals surface area contributed by atoms with Crippen molar-refractivity contribution in [1.29, 1.82) is 0 Å². The van der Waals surface area contributed by atoms with Crippen molar-refractivity contribution < 1.29 is 33.8 Å². The van der Waals surface area contributed by atoms with Crippen LogP contribution in [-0.4, -0.2) is 53.6 Å². The van der Waals surface area contributed by atoms with Gasteiger partial charge in [0.15, 0.2) is 0 Å². The Labute approximate surface area is 255 Å². The zero-order valence-electron chi connectivity index (χ0n) is 23.8. The SMILES string of the molecule is O=C(NCCCC[C@@H](NC(=O)OCc1ccccc1)C(=O)N[C@@H](CSCc1ccccc1)C(=O)O)OCc1ccccc1. The minimum absolute atomic E-state index is 0.0178. The number of alkyl carbamates (subject to hydrolysis) is 2. The molecule has 0 bridgehead atoms. The molecular formula is C32H37N3O7S. The number of ether oxygens (including phenoxy) is 2. The molecule has 0 saturated heterocycles. The van der Waals surface area contributed by atoms with Crippen molar-refractivity contribution in [3.8, 4) is 0 Å². The van der Waals surface area contributed by atoms with Gasteiger partial charge >= 0.3 is 18.2 Å². The Hall–Kier alpha value is -4.51. The molecule has 3 amide bonds. The van der Waals surface area contributed by atoms with E-state index in [0.29, 0.717) is 25.1 Å². The highest BCUT2D eigenvalue weighted by molar-refractivity contribution is 7.98. The fourth-order valence-corrected chi connectivity index (χ4v) is 4.94. The van der Waals surface area contributed by atoms with Crippen molar-refractivity contribution in [3.05, 3.63) is 108 Å². The van der Waals surface area contributed by atoms with Gasteiger partial charge in [0.05, 0.1) is 0 Å². The number of carboxylic acid groups (broad SMARTS) is 1. The van der Waals surface area contributed by atoms with Crippen LogP contribution in [0.15, 0.2) is 91.0 Å². The van der Waals surface area contributed by atoms with Gasteiger partial charge in [-0.2, -0.15) is 11.8 Å². The number of hydrogen-bond acceptors (Lipinski definition) is 7. The lowest BCUT2D eigenvalue weighted by Crippen LogP contribution is -2.52. The van der Waals surface area contributed by atoms with Gasteiger partial charge < -0.3 is 30.5 Å². The molecule has 0 unspecified atom stereocenters. The van der Waals surface area contributed by atoms with Gasteiger partial charge in [-0.25, -0.2) is 14.4 Å². The maximum absolute atomic E-state index is 13.1. The van der Waals surface area contributed by atoms with Gasteiger partial charge in [0.25, 0.3) is 0 Å². The van der Waals surface area contributed by atoms with Crippen LogP contribution in [0.5, 0.6) is 0 Å². The standard InChI is InChI=1S/C32H37N3O7S/c36-29(34-28(30(37)38)23-43-22-26-16-8-3-9-17-26)27(35-32(40)42-21-25-14-6-2-7-15-25)18-10-11-19-33-31(39)41-20-24-12-4-1-5-13-24/h1-9,12-17,27-28H,10-11,18-23H2,(H,33,39)(H,34,36)(H,35,40)(H,37,38)/t27-,28+/m1/s1. The van der Waals surface area contributed by atoms with Gasteiger partial charge in [0, 0.05) is 18.1 Å². The fourth-order valence-electron chi connectivity index (χ4n) is 3.93. The molecule has 0 aromatic heterocycles. The number of aliphatic carboxylic acids is 1. The zero-order chi connectivity index (χ0) is 30.7. The number of thioether (sulfide) groups is 1. The van der Waals surface area contributed by atoms with E-state index in [2.05, 4.69) is 16.0 Å². The van der Waals surface area contributed by atoms with Gasteiger partial charge in [-0.3, -0.25) is 4.79 Å². The largest absolute Gasteiger partial charge is 0.480 e.